The van der Waals surface area contributed by atoms with Gasteiger partial charge in [-0.15, -0.1) is 0 Å². The van der Waals surface area contributed by atoms with Gasteiger partial charge >= 0.3 is 0 Å². The van der Waals surface area contributed by atoms with Gasteiger partial charge in [0.2, 0.25) is 11.8 Å². The number of hydrogen-bond donors (Lipinski definition) is 2. The van der Waals surface area contributed by atoms with Crippen LogP contribution in [0.4, 0.5) is 5.69 Å². The fourth-order valence-electron chi connectivity index (χ4n) is 5.35. The molecule has 5 rings (SSSR count). The lowest BCUT2D eigenvalue weighted by Crippen LogP contribution is -2.54. The highest BCUT2D eigenvalue weighted by molar-refractivity contribution is 6.25. The highest BCUT2D eigenvalue weighted by Gasteiger charge is 2.45. The Morgan fingerprint density at radius 2 is 1.53 bits per heavy atom. The molecule has 2 aromatic carbocycles. The second-order valence-electron chi connectivity index (χ2n) is 9.89. The summed E-state index contributed by atoms with van der Waals surface area (Å²) < 4.78 is 0. The lowest BCUT2D eigenvalue weighted by Gasteiger charge is -2.27. The number of benzene rings is 2. The Hall–Kier alpha value is -3.52. The van der Waals surface area contributed by atoms with Crippen LogP contribution in [0.2, 0.25) is 0 Å². The molecule has 8 heteroatoms. The summed E-state index contributed by atoms with van der Waals surface area (Å²) in [5.74, 6) is -1.99. The van der Waals surface area contributed by atoms with E-state index in [0.29, 0.717) is 12.2 Å². The second-order valence-corrected chi connectivity index (χ2v) is 9.89. The van der Waals surface area contributed by atoms with Gasteiger partial charge < -0.3 is 5.32 Å². The molecule has 0 saturated carbocycles. The van der Waals surface area contributed by atoms with Gasteiger partial charge in [-0.05, 0) is 55.6 Å². The number of carbonyl (C=O) groups is 4. The van der Waals surface area contributed by atoms with Gasteiger partial charge in [0.1, 0.15) is 6.04 Å². The van der Waals surface area contributed by atoms with Gasteiger partial charge in [-0.25, -0.2) is 0 Å². The Kier molecular flexibility index (Phi) is 7.13. The van der Waals surface area contributed by atoms with E-state index < -0.39 is 23.8 Å². The number of nitrogens with zero attached hydrogens (tertiary/aromatic N) is 2. The maximum absolute atomic E-state index is 13.2. The molecule has 36 heavy (non-hydrogen) atoms. The predicted molar refractivity (Wildman–Crippen MR) is 135 cm³/mol. The van der Waals surface area contributed by atoms with E-state index in [1.54, 1.807) is 18.2 Å². The third-order valence-corrected chi connectivity index (χ3v) is 7.33. The van der Waals surface area contributed by atoms with E-state index in [1.165, 1.54) is 37.7 Å². The highest BCUT2D eigenvalue weighted by atomic mass is 16.2. The Labute approximate surface area is 211 Å². The van der Waals surface area contributed by atoms with E-state index in [2.05, 4.69) is 39.8 Å². The average Bonchev–Trinajstić information content (AvgIpc) is 3.11. The van der Waals surface area contributed by atoms with Gasteiger partial charge in [0.05, 0.1) is 11.1 Å². The van der Waals surface area contributed by atoms with Crippen molar-refractivity contribution in [3.8, 4) is 0 Å². The smallest absolute Gasteiger partial charge is 0.264 e. The van der Waals surface area contributed by atoms with Crippen LogP contribution in [-0.2, 0) is 22.7 Å². The van der Waals surface area contributed by atoms with Crippen LogP contribution in [0.5, 0.6) is 0 Å². The zero-order chi connectivity index (χ0) is 25.1. The first kappa shape index (κ1) is 24.2. The molecule has 0 aliphatic carbocycles. The maximum atomic E-state index is 13.2. The third kappa shape index (κ3) is 5.04. The van der Waals surface area contributed by atoms with Crippen molar-refractivity contribution in [2.24, 2.45) is 0 Å². The van der Waals surface area contributed by atoms with Gasteiger partial charge in [0.15, 0.2) is 0 Å². The minimum Gasteiger partial charge on any atom is -0.380 e. The molecule has 2 aromatic rings. The number of hydrogen-bond acceptors (Lipinski definition) is 6. The lowest BCUT2D eigenvalue weighted by atomic mass is 10.0. The number of likely N-dealkylation sites (tertiary alicyclic amines) is 1. The molecule has 2 fully saturated rings. The van der Waals surface area contributed by atoms with Crippen molar-refractivity contribution in [3.63, 3.8) is 0 Å². The minimum atomic E-state index is -0.968. The molecule has 2 saturated heterocycles. The number of fused-ring (bicyclic) bond motifs is 1. The van der Waals surface area contributed by atoms with Crippen molar-refractivity contribution in [2.75, 3.05) is 18.4 Å². The average molecular weight is 489 g/mol. The first-order chi connectivity index (χ1) is 17.5. The number of piperidine rings is 1. The molecule has 0 radical (unpaired) electrons. The normalized spacial score (nSPS) is 21.1. The van der Waals surface area contributed by atoms with Crippen LogP contribution in [0.3, 0.4) is 0 Å². The van der Waals surface area contributed by atoms with Crippen LogP contribution in [0, 0.1) is 0 Å². The summed E-state index contributed by atoms with van der Waals surface area (Å²) in [7, 11) is 0. The van der Waals surface area contributed by atoms with Crippen molar-refractivity contribution in [1.82, 2.24) is 15.1 Å². The predicted octanol–water partition coefficient (Wildman–Crippen LogP) is 3.47. The SMILES string of the molecule is O=C1CC[C@@H](N2C(=O)c3cccc(NCc4ccc(CN5CCCCCCC5)cc4)c3C2=O)C(=O)N1. The number of carbonyl (C=O) groups excluding carboxylic acids is 4. The van der Waals surface area contributed by atoms with Gasteiger partial charge in [-0.1, -0.05) is 49.6 Å². The molecule has 3 aliphatic rings. The van der Waals surface area contributed by atoms with Crippen LogP contribution < -0.4 is 10.6 Å². The molecule has 3 heterocycles. The number of imide groups is 2. The monoisotopic (exact) mass is 488 g/mol. The maximum Gasteiger partial charge on any atom is 0.264 e. The van der Waals surface area contributed by atoms with Crippen molar-refractivity contribution in [3.05, 3.63) is 64.7 Å². The van der Waals surface area contributed by atoms with Crippen LogP contribution in [-0.4, -0.2) is 52.6 Å². The van der Waals surface area contributed by atoms with Gasteiger partial charge in [0, 0.05) is 25.2 Å². The summed E-state index contributed by atoms with van der Waals surface area (Å²) >= 11 is 0. The quantitative estimate of drug-likeness (QED) is 0.605. The molecular formula is C28H32N4O4. The Bertz CT molecular complexity index is 1170. The molecule has 0 unspecified atom stereocenters. The molecular weight excluding hydrogens is 456 g/mol. The molecule has 0 bridgehead atoms. The van der Waals surface area contributed by atoms with E-state index in [0.717, 1.165) is 30.1 Å². The van der Waals surface area contributed by atoms with Crippen molar-refractivity contribution in [1.29, 1.82) is 0 Å². The summed E-state index contributed by atoms with van der Waals surface area (Å²) in [5.41, 5.74) is 3.48. The fourth-order valence-corrected chi connectivity index (χ4v) is 5.35. The summed E-state index contributed by atoms with van der Waals surface area (Å²) in [6, 6.07) is 12.6. The van der Waals surface area contributed by atoms with Crippen LogP contribution in [0.15, 0.2) is 42.5 Å². The zero-order valence-corrected chi connectivity index (χ0v) is 20.4. The third-order valence-electron chi connectivity index (χ3n) is 7.33. The highest BCUT2D eigenvalue weighted by Crippen LogP contribution is 2.32. The van der Waals surface area contributed by atoms with Gasteiger partial charge in [0.25, 0.3) is 11.8 Å². The first-order valence-electron chi connectivity index (χ1n) is 12.9. The van der Waals surface area contributed by atoms with Crippen LogP contribution in [0.1, 0.15) is 76.8 Å². The van der Waals surface area contributed by atoms with Gasteiger partial charge in [-0.3, -0.25) is 34.3 Å². The van der Waals surface area contributed by atoms with Crippen molar-refractivity contribution in [2.45, 2.75) is 64.1 Å². The van der Waals surface area contributed by atoms with E-state index >= 15 is 0 Å². The number of nitrogens with one attached hydrogen (secondary N) is 2. The van der Waals surface area contributed by atoms with E-state index in [4.69, 9.17) is 0 Å². The van der Waals surface area contributed by atoms with Gasteiger partial charge in [-0.2, -0.15) is 0 Å². The Morgan fingerprint density at radius 3 is 2.25 bits per heavy atom. The fraction of sp³-hybridized carbons (Fsp3) is 0.429. The summed E-state index contributed by atoms with van der Waals surface area (Å²) in [6.07, 6.45) is 6.78. The summed E-state index contributed by atoms with van der Waals surface area (Å²) in [5, 5.41) is 5.53. The van der Waals surface area contributed by atoms with E-state index in [1.807, 2.05) is 0 Å². The molecule has 0 aromatic heterocycles. The standard InChI is InChI=1S/C28H32N4O4/c33-24-14-13-23(26(34)30-24)32-27(35)21-7-6-8-22(25(21)28(32)36)29-17-19-9-11-20(12-10-19)18-31-15-4-2-1-3-5-16-31/h6-12,23,29H,1-5,13-18H2,(H,30,33,34)/t23-/m1/s1. The minimum absolute atomic E-state index is 0.0999. The van der Waals surface area contributed by atoms with Crippen molar-refractivity contribution >= 4 is 29.3 Å². The lowest BCUT2D eigenvalue weighted by molar-refractivity contribution is -0.136. The zero-order valence-electron chi connectivity index (χ0n) is 20.4. The molecule has 8 nitrogen and oxygen atoms in total. The molecule has 2 N–H and O–H groups in total. The molecule has 1 atom stereocenters. The number of rotatable bonds is 6. The summed E-state index contributed by atoms with van der Waals surface area (Å²) in [4.78, 5) is 53.6. The Balaban J connectivity index is 1.24. The van der Waals surface area contributed by atoms with Crippen molar-refractivity contribution < 1.29 is 19.2 Å². The largest absolute Gasteiger partial charge is 0.380 e. The van der Waals surface area contributed by atoms with E-state index in [9.17, 15) is 19.2 Å². The number of anilines is 1. The second kappa shape index (κ2) is 10.6. The topological polar surface area (TPSA) is 98.8 Å². The molecule has 0 spiro atoms. The summed E-state index contributed by atoms with van der Waals surface area (Å²) in [6.45, 7) is 3.78. The number of amides is 4. The first-order valence-corrected chi connectivity index (χ1v) is 12.9. The molecule has 3 aliphatic heterocycles. The van der Waals surface area contributed by atoms with Crippen LogP contribution in [0.25, 0.3) is 0 Å². The van der Waals surface area contributed by atoms with Crippen LogP contribution >= 0.6 is 0 Å². The Morgan fingerprint density at radius 1 is 0.833 bits per heavy atom. The molecule has 188 valence electrons. The van der Waals surface area contributed by atoms with E-state index in [-0.39, 0.29) is 29.9 Å². The molecule has 4 amide bonds.